The first-order chi connectivity index (χ1) is 12.3. The molecule has 2 aromatic heterocycles. The average Bonchev–Trinajstić information content (AvgIpc) is 3.35. The van der Waals surface area contributed by atoms with Crippen LogP contribution >= 0.6 is 0 Å². The molecule has 5 rings (SSSR count). The molecular weight excluding hydrogens is 318 g/mol. The number of hydrogen-bond donors (Lipinski definition) is 1. The van der Waals surface area contributed by atoms with Gasteiger partial charge in [-0.25, -0.2) is 4.68 Å². The number of tetrazole rings is 1. The summed E-state index contributed by atoms with van der Waals surface area (Å²) >= 11 is 0. The molecule has 8 heteroatoms. The van der Waals surface area contributed by atoms with Crippen molar-refractivity contribution in [2.45, 2.75) is 63.3 Å². The molecule has 8 nitrogen and oxygen atoms in total. The van der Waals surface area contributed by atoms with Gasteiger partial charge in [0, 0.05) is 37.7 Å². The van der Waals surface area contributed by atoms with Crippen LogP contribution in [-0.4, -0.2) is 54.3 Å². The summed E-state index contributed by atoms with van der Waals surface area (Å²) in [5, 5.41) is 19.7. The molecule has 0 spiro atoms. The predicted octanol–water partition coefficient (Wildman–Crippen LogP) is 1.17. The zero-order valence-corrected chi connectivity index (χ0v) is 14.3. The Morgan fingerprint density at radius 2 is 1.96 bits per heavy atom. The number of carbonyl (C=O) groups excluding carboxylic acids is 1. The highest BCUT2D eigenvalue weighted by molar-refractivity contribution is 5.83. The van der Waals surface area contributed by atoms with E-state index in [1.165, 1.54) is 29.8 Å². The third-order valence-electron chi connectivity index (χ3n) is 5.81. The first-order valence-corrected chi connectivity index (χ1v) is 9.42. The van der Waals surface area contributed by atoms with Crippen LogP contribution in [0.3, 0.4) is 0 Å². The monoisotopic (exact) mass is 341 g/mol. The number of aromatic nitrogens is 6. The summed E-state index contributed by atoms with van der Waals surface area (Å²) in [7, 11) is 0. The Hall–Kier alpha value is -2.25. The van der Waals surface area contributed by atoms with Crippen molar-refractivity contribution >= 4 is 5.91 Å². The van der Waals surface area contributed by atoms with Gasteiger partial charge in [-0.15, -0.1) is 5.10 Å². The predicted molar refractivity (Wildman–Crippen MR) is 89.0 cm³/mol. The van der Waals surface area contributed by atoms with E-state index in [0.29, 0.717) is 5.92 Å². The Bertz CT molecular complexity index is 791. The average molecular weight is 341 g/mol. The van der Waals surface area contributed by atoms with Crippen LogP contribution in [0.5, 0.6) is 0 Å². The van der Waals surface area contributed by atoms with Crippen LogP contribution in [0.15, 0.2) is 0 Å². The molecule has 1 N–H and O–H groups in total. The Balaban J connectivity index is 1.35. The maximum atomic E-state index is 13.2. The number of H-pyrrole nitrogens is 1. The summed E-state index contributed by atoms with van der Waals surface area (Å²) in [5.74, 6) is 1.37. The maximum Gasteiger partial charge on any atom is 0.233 e. The quantitative estimate of drug-likeness (QED) is 0.885. The lowest BCUT2D eigenvalue weighted by atomic mass is 10.0. The topological polar surface area (TPSA) is 92.6 Å². The first-order valence-electron chi connectivity index (χ1n) is 9.42. The fraction of sp³-hybridized carbons (Fsp3) is 0.706. The molecule has 1 saturated carbocycles. The number of carbonyl (C=O) groups is 1. The molecule has 1 amide bonds. The van der Waals surface area contributed by atoms with Crippen LogP contribution in [0.4, 0.5) is 0 Å². The molecule has 1 aliphatic carbocycles. The summed E-state index contributed by atoms with van der Waals surface area (Å²) in [4.78, 5) is 15.2. The van der Waals surface area contributed by atoms with E-state index in [1.54, 1.807) is 0 Å². The van der Waals surface area contributed by atoms with Gasteiger partial charge in [0.05, 0.1) is 11.6 Å². The van der Waals surface area contributed by atoms with Crippen molar-refractivity contribution in [1.29, 1.82) is 0 Å². The number of aromatic amines is 1. The standard InChI is InChI=1S/C17H23N7O/c25-17(13-3-1-2-8-24-16(13)20-21-22-24)23-9-6-12-14(7-10-23)18-19-15(12)11-4-5-11/h11,13H,1-10H2,(H,18,19). The second-order valence-electron chi connectivity index (χ2n) is 7.47. The van der Waals surface area contributed by atoms with E-state index in [2.05, 4.69) is 25.7 Å². The summed E-state index contributed by atoms with van der Waals surface area (Å²) in [6, 6.07) is 0. The van der Waals surface area contributed by atoms with Crippen molar-refractivity contribution in [2.24, 2.45) is 0 Å². The van der Waals surface area contributed by atoms with E-state index in [9.17, 15) is 4.79 Å². The van der Waals surface area contributed by atoms with Crippen LogP contribution in [0, 0.1) is 0 Å². The minimum atomic E-state index is -0.199. The molecule has 1 fully saturated rings. The lowest BCUT2D eigenvalue weighted by molar-refractivity contribution is -0.133. The highest BCUT2D eigenvalue weighted by atomic mass is 16.2. The Kier molecular flexibility index (Phi) is 3.57. The second kappa shape index (κ2) is 5.93. The maximum absolute atomic E-state index is 13.2. The van der Waals surface area contributed by atoms with E-state index < -0.39 is 0 Å². The van der Waals surface area contributed by atoms with Crippen molar-refractivity contribution in [3.05, 3.63) is 22.8 Å². The highest BCUT2D eigenvalue weighted by Crippen LogP contribution is 2.41. The number of amides is 1. The van der Waals surface area contributed by atoms with Crippen LogP contribution in [0.2, 0.25) is 0 Å². The molecular formula is C17H23N7O. The lowest BCUT2D eigenvalue weighted by Crippen LogP contribution is -2.37. The Labute approximate surface area is 146 Å². The van der Waals surface area contributed by atoms with Gasteiger partial charge in [0.2, 0.25) is 5.91 Å². The summed E-state index contributed by atoms with van der Waals surface area (Å²) in [6.45, 7) is 2.33. The molecule has 3 aliphatic rings. The Morgan fingerprint density at radius 3 is 2.84 bits per heavy atom. The zero-order valence-electron chi connectivity index (χ0n) is 14.3. The van der Waals surface area contributed by atoms with E-state index in [4.69, 9.17) is 0 Å². The summed E-state index contributed by atoms with van der Waals surface area (Å²) in [6.07, 6.45) is 7.18. The van der Waals surface area contributed by atoms with Gasteiger partial charge in [0.15, 0.2) is 5.82 Å². The van der Waals surface area contributed by atoms with Crippen LogP contribution in [0.25, 0.3) is 0 Å². The third kappa shape index (κ3) is 2.63. The minimum Gasteiger partial charge on any atom is -0.341 e. The van der Waals surface area contributed by atoms with Crippen molar-refractivity contribution in [1.82, 2.24) is 35.3 Å². The molecule has 0 aromatic carbocycles. The van der Waals surface area contributed by atoms with Gasteiger partial charge in [-0.3, -0.25) is 9.89 Å². The van der Waals surface area contributed by atoms with E-state index in [0.717, 1.165) is 57.6 Å². The number of nitrogens with one attached hydrogen (secondary N) is 1. The van der Waals surface area contributed by atoms with E-state index in [1.807, 2.05) is 9.58 Å². The summed E-state index contributed by atoms with van der Waals surface area (Å²) < 4.78 is 1.81. The molecule has 0 radical (unpaired) electrons. The van der Waals surface area contributed by atoms with E-state index >= 15 is 0 Å². The van der Waals surface area contributed by atoms with Crippen molar-refractivity contribution in [3.63, 3.8) is 0 Å². The zero-order chi connectivity index (χ0) is 16.8. The number of nitrogens with zero attached hydrogens (tertiary/aromatic N) is 6. The number of rotatable bonds is 2. The number of fused-ring (bicyclic) bond motifs is 2. The summed E-state index contributed by atoms with van der Waals surface area (Å²) in [5.41, 5.74) is 3.84. The molecule has 1 atom stereocenters. The minimum absolute atomic E-state index is 0.184. The fourth-order valence-electron chi connectivity index (χ4n) is 4.24. The van der Waals surface area contributed by atoms with E-state index in [-0.39, 0.29) is 11.8 Å². The van der Waals surface area contributed by atoms with Crippen molar-refractivity contribution in [2.75, 3.05) is 13.1 Å². The molecule has 2 aliphatic heterocycles. The molecule has 0 saturated heterocycles. The van der Waals surface area contributed by atoms with Crippen molar-refractivity contribution < 1.29 is 4.79 Å². The second-order valence-corrected chi connectivity index (χ2v) is 7.47. The smallest absolute Gasteiger partial charge is 0.233 e. The van der Waals surface area contributed by atoms with Crippen LogP contribution < -0.4 is 0 Å². The van der Waals surface area contributed by atoms with Gasteiger partial charge in [0.25, 0.3) is 0 Å². The van der Waals surface area contributed by atoms with Crippen LogP contribution in [-0.2, 0) is 24.2 Å². The van der Waals surface area contributed by atoms with Gasteiger partial charge in [-0.05, 0) is 48.1 Å². The van der Waals surface area contributed by atoms with Crippen molar-refractivity contribution in [3.8, 4) is 0 Å². The first kappa shape index (κ1) is 15.0. The fourth-order valence-corrected chi connectivity index (χ4v) is 4.24. The highest BCUT2D eigenvalue weighted by Gasteiger charge is 2.35. The molecule has 1 unspecified atom stereocenters. The number of hydrogen-bond acceptors (Lipinski definition) is 5. The molecule has 4 heterocycles. The van der Waals surface area contributed by atoms with Gasteiger partial charge in [0.1, 0.15) is 0 Å². The largest absolute Gasteiger partial charge is 0.341 e. The molecule has 25 heavy (non-hydrogen) atoms. The lowest BCUT2D eigenvalue weighted by Gasteiger charge is -2.24. The van der Waals surface area contributed by atoms with Gasteiger partial charge < -0.3 is 4.90 Å². The molecule has 132 valence electrons. The SMILES string of the molecule is O=C(C1CCCCn2nnnc21)N1CCc2[nH]nc(C3CC3)c2CC1. The third-order valence-corrected chi connectivity index (χ3v) is 5.81. The molecule has 2 aromatic rings. The van der Waals surface area contributed by atoms with Gasteiger partial charge in [-0.2, -0.15) is 5.10 Å². The number of aryl methyl sites for hydroxylation is 1. The van der Waals surface area contributed by atoms with Crippen LogP contribution in [0.1, 0.15) is 66.7 Å². The van der Waals surface area contributed by atoms with Gasteiger partial charge >= 0.3 is 0 Å². The van der Waals surface area contributed by atoms with Gasteiger partial charge in [-0.1, -0.05) is 6.42 Å². The Morgan fingerprint density at radius 1 is 1.08 bits per heavy atom. The normalized spacial score (nSPS) is 23.5. The molecule has 0 bridgehead atoms.